The van der Waals surface area contributed by atoms with Crippen molar-refractivity contribution in [3.63, 3.8) is 0 Å². The summed E-state index contributed by atoms with van der Waals surface area (Å²) in [4.78, 5) is 5.23. The summed E-state index contributed by atoms with van der Waals surface area (Å²) in [6.45, 7) is 6.35. The van der Waals surface area contributed by atoms with Crippen molar-refractivity contribution in [2.45, 2.75) is 30.7 Å². The molecule has 2 heterocycles. The Bertz CT molecular complexity index is 609. The molecular weight excluding hydrogens is 286 g/mol. The lowest BCUT2D eigenvalue weighted by Gasteiger charge is -2.31. The van der Waals surface area contributed by atoms with Gasteiger partial charge in [0.25, 0.3) is 0 Å². The Morgan fingerprint density at radius 2 is 1.76 bits per heavy atom. The van der Waals surface area contributed by atoms with Gasteiger partial charge in [0.05, 0.1) is 4.90 Å². The first-order chi connectivity index (χ1) is 10.0. The van der Waals surface area contributed by atoms with Crippen LogP contribution in [0.5, 0.6) is 0 Å². The summed E-state index contributed by atoms with van der Waals surface area (Å²) in [5, 5.41) is 5.31. The van der Waals surface area contributed by atoms with E-state index in [0.717, 1.165) is 43.7 Å². The highest BCUT2D eigenvalue weighted by molar-refractivity contribution is 7.89. The van der Waals surface area contributed by atoms with Crippen LogP contribution in [0.25, 0.3) is 0 Å². The van der Waals surface area contributed by atoms with E-state index in [1.165, 1.54) is 25.9 Å². The molecule has 0 amide bonds. The molecule has 0 aromatic heterocycles. The van der Waals surface area contributed by atoms with Crippen LogP contribution in [0, 0.1) is 0 Å². The number of primary sulfonamides is 1. The van der Waals surface area contributed by atoms with Crippen molar-refractivity contribution in [1.29, 1.82) is 0 Å². The van der Waals surface area contributed by atoms with E-state index in [9.17, 15) is 8.42 Å². The quantitative estimate of drug-likeness (QED) is 0.893. The summed E-state index contributed by atoms with van der Waals surface area (Å²) in [5.41, 5.74) is 2.02. The zero-order valence-electron chi connectivity index (χ0n) is 12.3. The third-order valence-electron chi connectivity index (χ3n) is 4.54. The summed E-state index contributed by atoms with van der Waals surface area (Å²) >= 11 is 0. The molecule has 0 spiro atoms. The van der Waals surface area contributed by atoms with E-state index in [0.29, 0.717) is 4.90 Å². The van der Waals surface area contributed by atoms with E-state index in [4.69, 9.17) is 5.14 Å². The molecule has 1 aromatic rings. The first-order valence-corrected chi connectivity index (χ1v) is 9.17. The lowest BCUT2D eigenvalue weighted by molar-refractivity contribution is 0.210. The molecule has 1 saturated heterocycles. The van der Waals surface area contributed by atoms with Crippen LogP contribution in [0.1, 0.15) is 24.0 Å². The highest BCUT2D eigenvalue weighted by atomic mass is 32.2. The maximum Gasteiger partial charge on any atom is 0.238 e. The van der Waals surface area contributed by atoms with Gasteiger partial charge in [0.1, 0.15) is 0 Å². The predicted octanol–water partition coefficient (Wildman–Crippen LogP) is 0.788. The van der Waals surface area contributed by atoms with Gasteiger partial charge in [-0.2, -0.15) is 0 Å². The molecule has 2 aliphatic heterocycles. The van der Waals surface area contributed by atoms with Gasteiger partial charge >= 0.3 is 0 Å². The lowest BCUT2D eigenvalue weighted by Crippen LogP contribution is -2.37. The van der Waals surface area contributed by atoms with Crippen molar-refractivity contribution >= 4 is 10.0 Å². The molecule has 0 bridgehead atoms. The average molecular weight is 309 g/mol. The molecule has 2 N–H and O–H groups in total. The molecule has 0 atom stereocenters. The molecule has 1 fully saturated rings. The van der Waals surface area contributed by atoms with Gasteiger partial charge in [-0.1, -0.05) is 12.1 Å². The summed E-state index contributed by atoms with van der Waals surface area (Å²) < 4.78 is 23.3. The van der Waals surface area contributed by atoms with Gasteiger partial charge in [0, 0.05) is 26.2 Å². The lowest BCUT2D eigenvalue weighted by atomic mass is 10.00. The zero-order valence-corrected chi connectivity index (χ0v) is 13.1. The van der Waals surface area contributed by atoms with Gasteiger partial charge in [-0.3, -0.25) is 4.90 Å². The maximum atomic E-state index is 11.6. The highest BCUT2D eigenvalue weighted by Crippen LogP contribution is 2.25. The van der Waals surface area contributed by atoms with Gasteiger partial charge in [0.15, 0.2) is 0 Å². The number of hydrogen-bond donors (Lipinski definition) is 1. The molecular formula is C15H23N3O2S. The third-order valence-corrected chi connectivity index (χ3v) is 5.54. The van der Waals surface area contributed by atoms with Crippen LogP contribution in [-0.2, 0) is 23.0 Å². The van der Waals surface area contributed by atoms with Gasteiger partial charge in [-0.15, -0.1) is 0 Å². The number of likely N-dealkylation sites (tertiary alicyclic amines) is 1. The van der Waals surface area contributed by atoms with Crippen LogP contribution in [0.4, 0.5) is 0 Å². The van der Waals surface area contributed by atoms with E-state index in [1.807, 2.05) is 6.07 Å². The third kappa shape index (κ3) is 3.45. The monoisotopic (exact) mass is 309 g/mol. The van der Waals surface area contributed by atoms with E-state index < -0.39 is 10.0 Å². The van der Waals surface area contributed by atoms with Gasteiger partial charge in [0.2, 0.25) is 10.0 Å². The van der Waals surface area contributed by atoms with E-state index >= 15 is 0 Å². The second kappa shape index (κ2) is 6.04. The molecule has 1 aromatic carbocycles. The Balaban J connectivity index is 1.68. The number of sulfonamides is 1. The summed E-state index contributed by atoms with van der Waals surface area (Å²) in [7, 11) is -3.61. The fourth-order valence-corrected chi connectivity index (χ4v) is 4.22. The van der Waals surface area contributed by atoms with Crippen LogP contribution < -0.4 is 5.14 Å². The normalized spacial score (nSPS) is 20.6. The Morgan fingerprint density at radius 3 is 2.48 bits per heavy atom. The average Bonchev–Trinajstić information content (AvgIpc) is 2.96. The molecule has 3 rings (SSSR count). The van der Waals surface area contributed by atoms with Crippen LogP contribution in [-0.4, -0.2) is 50.9 Å². The standard InChI is InChI=1S/C15H23N3O2S/c16-21(19,20)15-5-3-4-13-12-18(9-6-14(13)15)11-10-17-7-1-2-8-17/h3-5H,1-2,6-12H2,(H2,16,19,20). The van der Waals surface area contributed by atoms with E-state index in [-0.39, 0.29) is 0 Å². The summed E-state index contributed by atoms with van der Waals surface area (Å²) in [6.07, 6.45) is 3.41. The largest absolute Gasteiger partial charge is 0.302 e. The Hall–Kier alpha value is -0.950. The molecule has 5 nitrogen and oxygen atoms in total. The van der Waals surface area contributed by atoms with Gasteiger partial charge < -0.3 is 4.90 Å². The Labute approximate surface area is 126 Å². The highest BCUT2D eigenvalue weighted by Gasteiger charge is 2.23. The van der Waals surface area contributed by atoms with E-state index in [1.54, 1.807) is 12.1 Å². The van der Waals surface area contributed by atoms with E-state index in [2.05, 4.69) is 9.80 Å². The smallest absolute Gasteiger partial charge is 0.238 e. The molecule has 2 aliphatic rings. The van der Waals surface area contributed by atoms with Crippen molar-refractivity contribution in [1.82, 2.24) is 9.80 Å². The Morgan fingerprint density at radius 1 is 1.05 bits per heavy atom. The first-order valence-electron chi connectivity index (χ1n) is 7.62. The minimum atomic E-state index is -3.61. The predicted molar refractivity (Wildman–Crippen MR) is 82.5 cm³/mol. The molecule has 0 aliphatic carbocycles. The topological polar surface area (TPSA) is 66.6 Å². The van der Waals surface area contributed by atoms with Crippen LogP contribution >= 0.6 is 0 Å². The number of benzene rings is 1. The number of nitrogens with two attached hydrogens (primary N) is 1. The van der Waals surface area contributed by atoms with Crippen molar-refractivity contribution < 1.29 is 8.42 Å². The number of hydrogen-bond acceptors (Lipinski definition) is 4. The molecule has 0 radical (unpaired) electrons. The van der Waals surface area contributed by atoms with Crippen LogP contribution in [0.3, 0.4) is 0 Å². The second-order valence-electron chi connectivity index (χ2n) is 6.01. The minimum absolute atomic E-state index is 0.305. The number of fused-ring (bicyclic) bond motifs is 1. The SMILES string of the molecule is NS(=O)(=O)c1cccc2c1CCN(CCN1CCCC1)C2. The molecule has 21 heavy (non-hydrogen) atoms. The summed E-state index contributed by atoms with van der Waals surface area (Å²) in [6, 6.07) is 5.43. The van der Waals surface area contributed by atoms with Gasteiger partial charge in [-0.05, 0) is 49.5 Å². The summed E-state index contributed by atoms with van der Waals surface area (Å²) in [5.74, 6) is 0. The minimum Gasteiger partial charge on any atom is -0.302 e. The van der Waals surface area contributed by atoms with Crippen molar-refractivity contribution in [3.8, 4) is 0 Å². The van der Waals surface area contributed by atoms with Crippen molar-refractivity contribution in [3.05, 3.63) is 29.3 Å². The molecule has 0 unspecified atom stereocenters. The zero-order chi connectivity index (χ0) is 14.9. The number of nitrogens with zero attached hydrogens (tertiary/aromatic N) is 2. The van der Waals surface area contributed by atoms with Gasteiger partial charge in [-0.25, -0.2) is 13.6 Å². The maximum absolute atomic E-state index is 11.6. The van der Waals surface area contributed by atoms with Crippen molar-refractivity contribution in [2.24, 2.45) is 5.14 Å². The van der Waals surface area contributed by atoms with Crippen molar-refractivity contribution in [2.75, 3.05) is 32.7 Å². The van der Waals surface area contributed by atoms with Crippen LogP contribution in [0.2, 0.25) is 0 Å². The fraction of sp³-hybridized carbons (Fsp3) is 0.600. The number of rotatable bonds is 4. The molecule has 116 valence electrons. The Kier molecular flexibility index (Phi) is 4.31. The fourth-order valence-electron chi connectivity index (χ4n) is 3.38. The second-order valence-corrected chi connectivity index (χ2v) is 7.54. The first kappa shape index (κ1) is 15.0. The van der Waals surface area contributed by atoms with Crippen LogP contribution in [0.15, 0.2) is 23.1 Å². The molecule has 0 saturated carbocycles. The molecule has 6 heteroatoms.